The summed E-state index contributed by atoms with van der Waals surface area (Å²) >= 11 is 0. The maximum absolute atomic E-state index is 5.42. The number of hydrogen-bond acceptors (Lipinski definition) is 2. The van der Waals surface area contributed by atoms with Gasteiger partial charge in [-0.05, 0) is 19.8 Å². The first-order valence-electron chi connectivity index (χ1n) is 4.46. The first kappa shape index (κ1) is 9.01. The lowest BCUT2D eigenvalue weighted by Gasteiger charge is -2.28. The lowest BCUT2D eigenvalue weighted by Crippen LogP contribution is -2.39. The molecule has 0 saturated carbocycles. The molecule has 1 saturated heterocycles. The summed E-state index contributed by atoms with van der Waals surface area (Å²) in [5.74, 6) is 0.708. The van der Waals surface area contributed by atoms with Crippen LogP contribution in [-0.4, -0.2) is 30.3 Å². The second-order valence-corrected chi connectivity index (χ2v) is 3.92. The van der Waals surface area contributed by atoms with Crippen molar-refractivity contribution >= 4 is 0 Å². The normalized spacial score (nSPS) is 27.3. The van der Waals surface area contributed by atoms with E-state index < -0.39 is 0 Å². The van der Waals surface area contributed by atoms with Crippen LogP contribution in [0.2, 0.25) is 0 Å². The molecule has 11 heavy (non-hydrogen) atoms. The lowest BCUT2D eigenvalue weighted by molar-refractivity contribution is 0.112. The van der Waals surface area contributed by atoms with Crippen LogP contribution in [0.3, 0.4) is 0 Å². The largest absolute Gasteiger partial charge is 0.364 e. The van der Waals surface area contributed by atoms with E-state index in [1.807, 2.05) is 0 Å². The van der Waals surface area contributed by atoms with Crippen molar-refractivity contribution in [3.05, 3.63) is 0 Å². The van der Waals surface area contributed by atoms with Crippen molar-refractivity contribution in [3.63, 3.8) is 0 Å². The molecule has 0 N–H and O–H groups in total. The van der Waals surface area contributed by atoms with Gasteiger partial charge in [0, 0.05) is 12.1 Å². The third-order valence-corrected chi connectivity index (χ3v) is 2.39. The average molecular weight is 157 g/mol. The summed E-state index contributed by atoms with van der Waals surface area (Å²) < 4.78 is 5.42. The van der Waals surface area contributed by atoms with Crippen molar-refractivity contribution in [2.24, 2.45) is 5.92 Å². The molecular formula is C9H19NO. The number of hydrogen-bond donors (Lipinski definition) is 0. The van der Waals surface area contributed by atoms with Crippen LogP contribution in [0.15, 0.2) is 0 Å². The summed E-state index contributed by atoms with van der Waals surface area (Å²) in [4.78, 5) is 2.42. The van der Waals surface area contributed by atoms with E-state index in [-0.39, 0.29) is 0 Å². The molecule has 1 aliphatic rings. The highest BCUT2D eigenvalue weighted by Crippen LogP contribution is 2.19. The molecule has 1 aliphatic heterocycles. The first-order valence-corrected chi connectivity index (χ1v) is 4.46. The Morgan fingerprint density at radius 1 is 1.27 bits per heavy atom. The van der Waals surface area contributed by atoms with Gasteiger partial charge < -0.3 is 4.74 Å². The smallest absolute Gasteiger partial charge is 0.0996 e. The summed E-state index contributed by atoms with van der Waals surface area (Å²) in [5.41, 5.74) is 0. The zero-order chi connectivity index (χ0) is 8.43. The summed E-state index contributed by atoms with van der Waals surface area (Å²) in [6.45, 7) is 10.7. The molecule has 0 aromatic rings. The van der Waals surface area contributed by atoms with Crippen molar-refractivity contribution in [1.29, 1.82) is 0 Å². The summed E-state index contributed by atoms with van der Waals surface area (Å²) in [6.07, 6.45) is 0. The van der Waals surface area contributed by atoms with E-state index >= 15 is 0 Å². The molecule has 2 heteroatoms. The highest BCUT2D eigenvalue weighted by atomic mass is 16.5. The van der Waals surface area contributed by atoms with E-state index in [1.54, 1.807) is 0 Å². The molecule has 66 valence electrons. The van der Waals surface area contributed by atoms with Gasteiger partial charge in [-0.2, -0.15) is 0 Å². The molecule has 1 atom stereocenters. The standard InChI is InChI=1S/C9H19NO/c1-7(2)9-5-11-6-10(9)8(3)4/h7-9H,5-6H2,1-4H3/t9-/m0/s1. The topological polar surface area (TPSA) is 12.5 Å². The van der Waals surface area contributed by atoms with Crippen molar-refractivity contribution in [2.45, 2.75) is 39.8 Å². The monoisotopic (exact) mass is 157 g/mol. The Bertz CT molecular complexity index is 109. The van der Waals surface area contributed by atoms with Crippen molar-refractivity contribution in [3.8, 4) is 0 Å². The van der Waals surface area contributed by atoms with Crippen LogP contribution in [0.4, 0.5) is 0 Å². The van der Waals surface area contributed by atoms with E-state index in [1.165, 1.54) is 0 Å². The molecule has 0 spiro atoms. The van der Waals surface area contributed by atoms with Gasteiger partial charge in [0.05, 0.1) is 13.3 Å². The Balaban J connectivity index is 2.51. The minimum absolute atomic E-state index is 0.616. The van der Waals surface area contributed by atoms with Crippen LogP contribution in [-0.2, 0) is 4.74 Å². The Kier molecular flexibility index (Phi) is 2.90. The van der Waals surface area contributed by atoms with Crippen molar-refractivity contribution < 1.29 is 4.74 Å². The van der Waals surface area contributed by atoms with Crippen molar-refractivity contribution in [2.75, 3.05) is 13.3 Å². The Hall–Kier alpha value is -0.0800. The van der Waals surface area contributed by atoms with Crippen LogP contribution in [0, 0.1) is 5.92 Å². The zero-order valence-corrected chi connectivity index (χ0v) is 8.00. The minimum Gasteiger partial charge on any atom is -0.364 e. The molecule has 0 unspecified atom stereocenters. The first-order chi connectivity index (χ1) is 5.13. The molecule has 0 amide bonds. The van der Waals surface area contributed by atoms with E-state index in [4.69, 9.17) is 4.74 Å². The highest BCUT2D eigenvalue weighted by molar-refractivity contribution is 4.79. The predicted molar refractivity (Wildman–Crippen MR) is 46.4 cm³/mol. The number of ether oxygens (including phenoxy) is 1. The van der Waals surface area contributed by atoms with Gasteiger partial charge in [-0.3, -0.25) is 4.90 Å². The second kappa shape index (κ2) is 3.55. The Labute approximate surface area is 69.5 Å². The van der Waals surface area contributed by atoms with Crippen LogP contribution >= 0.6 is 0 Å². The fourth-order valence-electron chi connectivity index (χ4n) is 1.58. The molecule has 1 heterocycles. The van der Waals surface area contributed by atoms with Gasteiger partial charge in [0.15, 0.2) is 0 Å². The zero-order valence-electron chi connectivity index (χ0n) is 8.00. The lowest BCUT2D eigenvalue weighted by atomic mass is 10.0. The van der Waals surface area contributed by atoms with E-state index in [9.17, 15) is 0 Å². The quantitative estimate of drug-likeness (QED) is 0.605. The Morgan fingerprint density at radius 2 is 1.91 bits per heavy atom. The van der Waals surface area contributed by atoms with Gasteiger partial charge in [-0.15, -0.1) is 0 Å². The predicted octanol–water partition coefficient (Wildman–Crippen LogP) is 1.71. The van der Waals surface area contributed by atoms with Crippen LogP contribution in [0.5, 0.6) is 0 Å². The minimum atomic E-state index is 0.616. The van der Waals surface area contributed by atoms with Crippen LogP contribution < -0.4 is 0 Å². The van der Waals surface area contributed by atoms with Crippen LogP contribution in [0.1, 0.15) is 27.7 Å². The fraction of sp³-hybridized carbons (Fsp3) is 1.00. The molecule has 0 bridgehead atoms. The second-order valence-electron chi connectivity index (χ2n) is 3.92. The van der Waals surface area contributed by atoms with E-state index in [0.717, 1.165) is 13.3 Å². The molecule has 1 rings (SSSR count). The molecule has 0 aromatic heterocycles. The van der Waals surface area contributed by atoms with Gasteiger partial charge in [0.2, 0.25) is 0 Å². The van der Waals surface area contributed by atoms with Crippen molar-refractivity contribution in [1.82, 2.24) is 4.90 Å². The molecule has 0 aromatic carbocycles. The van der Waals surface area contributed by atoms with Gasteiger partial charge >= 0.3 is 0 Å². The Morgan fingerprint density at radius 3 is 2.27 bits per heavy atom. The highest BCUT2D eigenvalue weighted by Gasteiger charge is 2.29. The van der Waals surface area contributed by atoms with Gasteiger partial charge in [0.1, 0.15) is 0 Å². The van der Waals surface area contributed by atoms with Gasteiger partial charge in [-0.25, -0.2) is 0 Å². The fourth-order valence-corrected chi connectivity index (χ4v) is 1.58. The number of nitrogens with zero attached hydrogens (tertiary/aromatic N) is 1. The molecule has 0 radical (unpaired) electrons. The van der Waals surface area contributed by atoms with E-state index in [0.29, 0.717) is 18.0 Å². The number of rotatable bonds is 2. The molecular weight excluding hydrogens is 138 g/mol. The third kappa shape index (κ3) is 1.94. The van der Waals surface area contributed by atoms with Gasteiger partial charge in [0.25, 0.3) is 0 Å². The summed E-state index contributed by atoms with van der Waals surface area (Å²) in [6, 6.07) is 1.25. The van der Waals surface area contributed by atoms with Gasteiger partial charge in [-0.1, -0.05) is 13.8 Å². The molecule has 2 nitrogen and oxygen atoms in total. The summed E-state index contributed by atoms with van der Waals surface area (Å²) in [7, 11) is 0. The van der Waals surface area contributed by atoms with E-state index in [2.05, 4.69) is 32.6 Å². The third-order valence-electron chi connectivity index (χ3n) is 2.39. The average Bonchev–Trinajstić information content (AvgIpc) is 2.32. The summed E-state index contributed by atoms with van der Waals surface area (Å²) in [5, 5.41) is 0. The SMILES string of the molecule is CC(C)[C@@H]1COCN1C(C)C. The molecule has 0 aliphatic carbocycles. The maximum Gasteiger partial charge on any atom is 0.0996 e. The molecule has 1 fully saturated rings. The van der Waals surface area contributed by atoms with Crippen LogP contribution in [0.25, 0.3) is 0 Å². The maximum atomic E-state index is 5.42.